The number of nitrogens with one attached hydrogen (secondary N) is 3. The van der Waals surface area contributed by atoms with Crippen molar-refractivity contribution < 1.29 is 9.90 Å². The van der Waals surface area contributed by atoms with Gasteiger partial charge < -0.3 is 20.7 Å². The number of carbonyl (C=O) groups excluding carboxylic acids is 1. The molecule has 1 heterocycles. The molecule has 5 heteroatoms. The molecule has 0 unspecified atom stereocenters. The number of rotatable bonds is 6. The Balaban J connectivity index is 1.84. The number of carbonyl (C=O) groups is 1. The monoisotopic (exact) mass is 289 g/mol. The van der Waals surface area contributed by atoms with Gasteiger partial charge in [-0.05, 0) is 43.9 Å². The first-order valence-electron chi connectivity index (χ1n) is 7.32. The molecule has 0 spiro atoms. The molecular weight excluding hydrogens is 266 g/mol. The third-order valence-electron chi connectivity index (χ3n) is 3.54. The van der Waals surface area contributed by atoms with Crippen molar-refractivity contribution in [2.45, 2.75) is 32.7 Å². The highest BCUT2D eigenvalue weighted by atomic mass is 16.3. The summed E-state index contributed by atoms with van der Waals surface area (Å²) in [5.41, 5.74) is 3.56. The summed E-state index contributed by atoms with van der Waals surface area (Å²) in [6, 6.07) is 6.11. The molecule has 0 aliphatic rings. The fourth-order valence-electron chi connectivity index (χ4n) is 2.36. The van der Waals surface area contributed by atoms with Crippen LogP contribution < -0.4 is 10.6 Å². The summed E-state index contributed by atoms with van der Waals surface area (Å²) in [6.07, 6.45) is 3.35. The van der Waals surface area contributed by atoms with Gasteiger partial charge in [-0.2, -0.15) is 0 Å². The molecule has 1 atom stereocenters. The molecule has 4 N–H and O–H groups in total. The fraction of sp³-hybridized carbons (Fsp3) is 0.438. The van der Waals surface area contributed by atoms with Gasteiger partial charge in [0.2, 0.25) is 0 Å². The number of aliphatic hydroxyl groups is 1. The van der Waals surface area contributed by atoms with Gasteiger partial charge in [-0.25, -0.2) is 4.79 Å². The lowest BCUT2D eigenvalue weighted by molar-refractivity contribution is 0.231. The third kappa shape index (κ3) is 4.23. The Morgan fingerprint density at radius 2 is 2.24 bits per heavy atom. The summed E-state index contributed by atoms with van der Waals surface area (Å²) in [7, 11) is 0. The van der Waals surface area contributed by atoms with Crippen LogP contribution in [0.3, 0.4) is 0 Å². The van der Waals surface area contributed by atoms with E-state index in [0.717, 1.165) is 11.9 Å². The summed E-state index contributed by atoms with van der Waals surface area (Å²) < 4.78 is 0. The van der Waals surface area contributed by atoms with E-state index in [1.807, 2.05) is 13.1 Å². The summed E-state index contributed by atoms with van der Waals surface area (Å²) in [6.45, 7) is 4.60. The Morgan fingerprint density at radius 1 is 1.43 bits per heavy atom. The fourth-order valence-corrected chi connectivity index (χ4v) is 2.36. The summed E-state index contributed by atoms with van der Waals surface area (Å²) >= 11 is 0. The number of hydrogen-bond donors (Lipinski definition) is 4. The van der Waals surface area contributed by atoms with Gasteiger partial charge in [-0.15, -0.1) is 0 Å². The zero-order valence-corrected chi connectivity index (χ0v) is 12.6. The maximum absolute atomic E-state index is 11.7. The molecule has 1 aromatic heterocycles. The van der Waals surface area contributed by atoms with Crippen molar-refractivity contribution in [3.8, 4) is 0 Å². The Labute approximate surface area is 124 Å². The molecule has 0 aliphatic heterocycles. The normalized spacial score (nSPS) is 12.3. The zero-order chi connectivity index (χ0) is 15.2. The molecule has 114 valence electrons. The number of aromatic amines is 1. The van der Waals surface area contributed by atoms with Crippen LogP contribution in [-0.2, 0) is 6.42 Å². The smallest absolute Gasteiger partial charge is 0.315 e. The molecule has 2 amide bonds. The number of urea groups is 1. The maximum Gasteiger partial charge on any atom is 0.315 e. The number of hydrogen-bond acceptors (Lipinski definition) is 2. The van der Waals surface area contributed by atoms with E-state index >= 15 is 0 Å². The minimum absolute atomic E-state index is 0.0222. The average molecular weight is 289 g/mol. The number of aliphatic hydroxyl groups excluding tert-OH is 1. The van der Waals surface area contributed by atoms with Crippen LogP contribution in [0.5, 0.6) is 0 Å². The predicted molar refractivity (Wildman–Crippen MR) is 84.4 cm³/mol. The maximum atomic E-state index is 11.7. The molecular formula is C16H23N3O2. The molecule has 2 aromatic rings. The van der Waals surface area contributed by atoms with Gasteiger partial charge in [0.1, 0.15) is 0 Å². The largest absolute Gasteiger partial charge is 0.396 e. The van der Waals surface area contributed by atoms with Gasteiger partial charge >= 0.3 is 6.03 Å². The van der Waals surface area contributed by atoms with Crippen LogP contribution >= 0.6 is 0 Å². The molecule has 0 radical (unpaired) electrons. The quantitative estimate of drug-likeness (QED) is 0.657. The van der Waals surface area contributed by atoms with Crippen LogP contribution in [0.4, 0.5) is 4.79 Å². The van der Waals surface area contributed by atoms with Crippen LogP contribution in [0.1, 0.15) is 24.5 Å². The third-order valence-corrected chi connectivity index (χ3v) is 3.54. The van der Waals surface area contributed by atoms with E-state index in [0.29, 0.717) is 13.0 Å². The van der Waals surface area contributed by atoms with Crippen molar-refractivity contribution in [1.82, 2.24) is 15.6 Å². The van der Waals surface area contributed by atoms with Crippen molar-refractivity contribution in [3.05, 3.63) is 35.5 Å². The standard InChI is InChI=1S/C16H23N3O2/c1-11-3-4-14-13(10-18-15(14)9-11)5-7-17-16(21)19-12(2)6-8-20/h3-4,9-10,12,18,20H,5-8H2,1-2H3,(H2,17,19,21)/t12-/m1/s1. The second kappa shape index (κ2) is 7.13. The minimum Gasteiger partial charge on any atom is -0.396 e. The first-order valence-corrected chi connectivity index (χ1v) is 7.32. The van der Waals surface area contributed by atoms with Gasteiger partial charge in [0.25, 0.3) is 0 Å². The summed E-state index contributed by atoms with van der Waals surface area (Å²) in [5.74, 6) is 0. The van der Waals surface area contributed by atoms with Gasteiger partial charge in [-0.1, -0.05) is 12.1 Å². The number of amides is 2. The highest BCUT2D eigenvalue weighted by molar-refractivity contribution is 5.83. The lowest BCUT2D eigenvalue weighted by atomic mass is 10.1. The van der Waals surface area contributed by atoms with E-state index in [9.17, 15) is 4.79 Å². The van der Waals surface area contributed by atoms with E-state index < -0.39 is 0 Å². The molecule has 5 nitrogen and oxygen atoms in total. The topological polar surface area (TPSA) is 77.2 Å². The van der Waals surface area contributed by atoms with Crippen LogP contribution in [0.25, 0.3) is 10.9 Å². The first kappa shape index (κ1) is 15.4. The van der Waals surface area contributed by atoms with Crippen molar-refractivity contribution >= 4 is 16.9 Å². The number of aromatic nitrogens is 1. The number of aryl methyl sites for hydroxylation is 1. The van der Waals surface area contributed by atoms with Crippen LogP contribution in [0.15, 0.2) is 24.4 Å². The van der Waals surface area contributed by atoms with Gasteiger partial charge in [0.05, 0.1) is 0 Å². The predicted octanol–water partition coefficient (Wildman–Crippen LogP) is 2.09. The van der Waals surface area contributed by atoms with E-state index in [4.69, 9.17) is 5.11 Å². The van der Waals surface area contributed by atoms with Crippen molar-refractivity contribution in [3.63, 3.8) is 0 Å². The number of H-pyrrole nitrogens is 1. The van der Waals surface area contributed by atoms with E-state index in [2.05, 4.69) is 40.7 Å². The number of benzene rings is 1. The van der Waals surface area contributed by atoms with Crippen molar-refractivity contribution in [2.75, 3.05) is 13.2 Å². The lowest BCUT2D eigenvalue weighted by Gasteiger charge is -2.13. The van der Waals surface area contributed by atoms with Crippen LogP contribution in [0.2, 0.25) is 0 Å². The highest BCUT2D eigenvalue weighted by Gasteiger charge is 2.07. The summed E-state index contributed by atoms with van der Waals surface area (Å²) in [5, 5.41) is 15.6. The molecule has 0 fully saturated rings. The summed E-state index contributed by atoms with van der Waals surface area (Å²) in [4.78, 5) is 14.9. The van der Waals surface area contributed by atoms with Crippen molar-refractivity contribution in [2.24, 2.45) is 0 Å². The Bertz CT molecular complexity index is 607. The van der Waals surface area contributed by atoms with E-state index in [-0.39, 0.29) is 18.7 Å². The Hall–Kier alpha value is -2.01. The number of fused-ring (bicyclic) bond motifs is 1. The zero-order valence-electron chi connectivity index (χ0n) is 12.6. The molecule has 0 aliphatic carbocycles. The van der Waals surface area contributed by atoms with Gasteiger partial charge in [-0.3, -0.25) is 0 Å². The van der Waals surface area contributed by atoms with E-state index in [1.54, 1.807) is 0 Å². The first-order chi connectivity index (χ1) is 10.1. The van der Waals surface area contributed by atoms with Crippen LogP contribution in [0, 0.1) is 6.92 Å². The molecule has 1 aromatic carbocycles. The second-order valence-corrected chi connectivity index (χ2v) is 5.43. The molecule has 0 saturated heterocycles. The minimum atomic E-state index is -0.188. The van der Waals surface area contributed by atoms with Crippen LogP contribution in [-0.4, -0.2) is 35.3 Å². The Kier molecular flexibility index (Phi) is 5.22. The lowest BCUT2D eigenvalue weighted by Crippen LogP contribution is -2.41. The van der Waals surface area contributed by atoms with Gasteiger partial charge in [0.15, 0.2) is 0 Å². The second-order valence-electron chi connectivity index (χ2n) is 5.43. The molecule has 0 bridgehead atoms. The SMILES string of the molecule is Cc1ccc2c(CCNC(=O)N[C@H](C)CCO)c[nH]c2c1. The average Bonchev–Trinajstić information content (AvgIpc) is 2.81. The molecule has 21 heavy (non-hydrogen) atoms. The highest BCUT2D eigenvalue weighted by Crippen LogP contribution is 2.19. The molecule has 0 saturated carbocycles. The Morgan fingerprint density at radius 3 is 3.00 bits per heavy atom. The van der Waals surface area contributed by atoms with Crippen molar-refractivity contribution in [1.29, 1.82) is 0 Å². The van der Waals surface area contributed by atoms with E-state index in [1.165, 1.54) is 16.5 Å². The molecule has 2 rings (SSSR count). The van der Waals surface area contributed by atoms with Gasteiger partial charge in [0, 0.05) is 36.3 Å².